The highest BCUT2D eigenvalue weighted by Gasteiger charge is 2.08. The third-order valence-corrected chi connectivity index (χ3v) is 2.23. The van der Waals surface area contributed by atoms with E-state index in [0.717, 1.165) is 5.76 Å². The molecule has 0 aliphatic rings. The van der Waals surface area contributed by atoms with Crippen molar-refractivity contribution in [3.63, 3.8) is 0 Å². The van der Waals surface area contributed by atoms with Crippen LogP contribution in [0.4, 0.5) is 0 Å². The van der Waals surface area contributed by atoms with Crippen LogP contribution < -0.4 is 0 Å². The molecule has 1 rings (SSSR count). The Kier molecular flexibility index (Phi) is 4.50. The number of thiol groups is 1. The molecule has 0 aliphatic carbocycles. The average molecular weight is 226 g/mol. The molecule has 74 valence electrons. The summed E-state index contributed by atoms with van der Waals surface area (Å²) < 4.78 is 5.66. The monoisotopic (exact) mass is 226 g/mol. The molecule has 1 aromatic rings. The van der Waals surface area contributed by atoms with Crippen LogP contribution in [0.15, 0.2) is 22.8 Å². The van der Waals surface area contributed by atoms with Crippen LogP contribution in [0.25, 0.3) is 0 Å². The number of nitriles is 1. The molecule has 1 heterocycles. The minimum Gasteiger partial charge on any atom is -0.467 e. The predicted octanol–water partition coefficient (Wildman–Crippen LogP) is 2.21. The van der Waals surface area contributed by atoms with Gasteiger partial charge in [-0.2, -0.15) is 5.26 Å². The quantitative estimate of drug-likeness (QED) is 0.631. The molecular weight excluding hydrogens is 216 g/mol. The number of thiocarbonyl (C=S) groups is 1. The van der Waals surface area contributed by atoms with Crippen molar-refractivity contribution in [1.82, 2.24) is 4.90 Å². The molecule has 0 radical (unpaired) electrons. The van der Waals surface area contributed by atoms with E-state index < -0.39 is 0 Å². The molecule has 0 unspecified atom stereocenters. The SMILES string of the molecule is N#CCCN(Cc1ccco1)C(=S)S. The van der Waals surface area contributed by atoms with Crippen molar-refractivity contribution < 1.29 is 4.42 Å². The van der Waals surface area contributed by atoms with Crippen molar-refractivity contribution in [1.29, 1.82) is 5.26 Å². The largest absolute Gasteiger partial charge is 0.467 e. The average Bonchev–Trinajstić information content (AvgIpc) is 2.64. The molecule has 0 N–H and O–H groups in total. The van der Waals surface area contributed by atoms with Gasteiger partial charge in [-0.3, -0.25) is 0 Å². The molecule has 3 nitrogen and oxygen atoms in total. The maximum atomic E-state index is 8.45. The minimum absolute atomic E-state index is 0.432. The minimum atomic E-state index is 0.432. The molecule has 0 saturated carbocycles. The topological polar surface area (TPSA) is 40.2 Å². The molecule has 14 heavy (non-hydrogen) atoms. The number of hydrogen-bond donors (Lipinski definition) is 1. The van der Waals surface area contributed by atoms with Crippen molar-refractivity contribution in [3.05, 3.63) is 24.2 Å². The van der Waals surface area contributed by atoms with Gasteiger partial charge in [0.05, 0.1) is 25.3 Å². The third-order valence-electron chi connectivity index (χ3n) is 1.69. The first kappa shape index (κ1) is 11.1. The summed E-state index contributed by atoms with van der Waals surface area (Å²) in [6, 6.07) is 5.75. The van der Waals surface area contributed by atoms with Crippen LogP contribution in [0.1, 0.15) is 12.2 Å². The van der Waals surface area contributed by atoms with Crippen LogP contribution in [0.3, 0.4) is 0 Å². The lowest BCUT2D eigenvalue weighted by Crippen LogP contribution is -2.26. The summed E-state index contributed by atoms with van der Waals surface area (Å²) in [6.07, 6.45) is 2.04. The van der Waals surface area contributed by atoms with Crippen molar-refractivity contribution in [2.45, 2.75) is 13.0 Å². The van der Waals surface area contributed by atoms with Gasteiger partial charge in [-0.15, -0.1) is 12.6 Å². The van der Waals surface area contributed by atoms with E-state index in [9.17, 15) is 0 Å². The second kappa shape index (κ2) is 5.68. The molecule has 0 aromatic carbocycles. The summed E-state index contributed by atoms with van der Waals surface area (Å²) >= 11 is 9.03. The van der Waals surface area contributed by atoms with Gasteiger partial charge in [-0.05, 0) is 12.1 Å². The van der Waals surface area contributed by atoms with Crippen LogP contribution in [-0.2, 0) is 6.54 Å². The Hall–Kier alpha value is -0.990. The molecule has 1 aromatic heterocycles. The van der Waals surface area contributed by atoms with Gasteiger partial charge in [-0.25, -0.2) is 0 Å². The fourth-order valence-electron chi connectivity index (χ4n) is 1.02. The van der Waals surface area contributed by atoms with E-state index >= 15 is 0 Å². The highest BCUT2D eigenvalue weighted by Crippen LogP contribution is 2.08. The normalized spacial score (nSPS) is 9.43. The van der Waals surface area contributed by atoms with Gasteiger partial charge >= 0.3 is 0 Å². The second-order valence-electron chi connectivity index (χ2n) is 2.69. The Labute approximate surface area is 93.7 Å². The lowest BCUT2D eigenvalue weighted by Gasteiger charge is -2.19. The first-order chi connectivity index (χ1) is 6.74. The lowest BCUT2D eigenvalue weighted by atomic mass is 10.4. The zero-order valence-corrected chi connectivity index (χ0v) is 9.22. The van der Waals surface area contributed by atoms with Crippen LogP contribution >= 0.6 is 24.8 Å². The molecule has 0 saturated heterocycles. The summed E-state index contributed by atoms with van der Waals surface area (Å²) in [5, 5.41) is 8.45. The molecule has 0 bridgehead atoms. The van der Waals surface area contributed by atoms with Gasteiger partial charge in [0.15, 0.2) is 0 Å². The zero-order chi connectivity index (χ0) is 10.4. The Bertz CT molecular complexity index is 329. The molecule has 0 spiro atoms. The molecule has 0 fully saturated rings. The highest BCUT2D eigenvalue weighted by molar-refractivity contribution is 8.10. The summed E-state index contributed by atoms with van der Waals surface area (Å²) in [7, 11) is 0. The Morgan fingerprint density at radius 3 is 3.00 bits per heavy atom. The fraction of sp³-hybridized carbons (Fsp3) is 0.333. The van der Waals surface area contributed by atoms with E-state index in [1.165, 1.54) is 0 Å². The number of rotatable bonds is 4. The van der Waals surface area contributed by atoms with Crippen LogP contribution in [0.2, 0.25) is 0 Å². The Balaban J connectivity index is 2.52. The summed E-state index contributed by atoms with van der Waals surface area (Å²) in [5.74, 6) is 0.819. The van der Waals surface area contributed by atoms with Crippen molar-refractivity contribution in [2.24, 2.45) is 0 Å². The first-order valence-electron chi connectivity index (χ1n) is 4.11. The van der Waals surface area contributed by atoms with E-state index in [0.29, 0.717) is 23.8 Å². The summed E-state index contributed by atoms with van der Waals surface area (Å²) in [6.45, 7) is 1.15. The third kappa shape index (κ3) is 3.40. The molecule has 0 amide bonds. The summed E-state index contributed by atoms with van der Waals surface area (Å²) in [5.41, 5.74) is 0. The second-order valence-corrected chi connectivity index (χ2v) is 3.80. The fourth-order valence-corrected chi connectivity index (χ4v) is 1.34. The van der Waals surface area contributed by atoms with Gasteiger partial charge < -0.3 is 9.32 Å². The molecule has 0 aliphatic heterocycles. The predicted molar refractivity (Wildman–Crippen MR) is 60.9 cm³/mol. The maximum Gasteiger partial charge on any atom is 0.133 e. The van der Waals surface area contributed by atoms with E-state index in [4.69, 9.17) is 21.9 Å². The van der Waals surface area contributed by atoms with E-state index in [1.807, 2.05) is 17.0 Å². The van der Waals surface area contributed by atoms with Gasteiger partial charge in [-0.1, -0.05) is 12.2 Å². The maximum absolute atomic E-state index is 8.45. The van der Waals surface area contributed by atoms with Gasteiger partial charge in [0.1, 0.15) is 10.1 Å². The smallest absolute Gasteiger partial charge is 0.133 e. The number of nitrogens with zero attached hydrogens (tertiary/aromatic N) is 2. The van der Waals surface area contributed by atoms with Crippen LogP contribution in [0.5, 0.6) is 0 Å². The highest BCUT2D eigenvalue weighted by atomic mass is 32.1. The Morgan fingerprint density at radius 2 is 2.50 bits per heavy atom. The lowest BCUT2D eigenvalue weighted by molar-refractivity contribution is 0.377. The van der Waals surface area contributed by atoms with Gasteiger partial charge in [0.2, 0.25) is 0 Å². The summed E-state index contributed by atoms with van der Waals surface area (Å²) in [4.78, 5) is 1.82. The van der Waals surface area contributed by atoms with Crippen LogP contribution in [0, 0.1) is 11.3 Å². The molecule has 5 heteroatoms. The van der Waals surface area contributed by atoms with Crippen molar-refractivity contribution >= 4 is 29.2 Å². The standard InChI is InChI=1S/C9H10N2OS2/c10-4-2-5-11(9(13)14)7-8-3-1-6-12-8/h1,3,6H,2,5,7H2,(H,13,14). The van der Waals surface area contributed by atoms with Gasteiger partial charge in [0, 0.05) is 6.54 Å². The Morgan fingerprint density at radius 1 is 1.71 bits per heavy atom. The number of furan rings is 1. The van der Waals surface area contributed by atoms with Gasteiger partial charge in [0.25, 0.3) is 0 Å². The first-order valence-corrected chi connectivity index (χ1v) is 4.97. The number of hydrogen-bond acceptors (Lipinski definition) is 3. The van der Waals surface area contributed by atoms with E-state index in [2.05, 4.69) is 18.7 Å². The van der Waals surface area contributed by atoms with E-state index in [-0.39, 0.29) is 0 Å². The van der Waals surface area contributed by atoms with Crippen LogP contribution in [-0.4, -0.2) is 15.8 Å². The van der Waals surface area contributed by atoms with E-state index in [1.54, 1.807) is 6.26 Å². The zero-order valence-electron chi connectivity index (χ0n) is 7.51. The molecule has 0 atom stereocenters. The molecular formula is C9H10N2OS2. The van der Waals surface area contributed by atoms with Crippen molar-refractivity contribution in [3.8, 4) is 6.07 Å². The van der Waals surface area contributed by atoms with Crippen molar-refractivity contribution in [2.75, 3.05) is 6.54 Å².